The largest absolute Gasteiger partial charge is 0.461 e. The van der Waals surface area contributed by atoms with E-state index in [0.29, 0.717) is 0 Å². The molecule has 0 spiro atoms. The second kappa shape index (κ2) is 8.11. The zero-order valence-electron chi connectivity index (χ0n) is 13.9. The Kier molecular flexibility index (Phi) is 6.17. The lowest BCUT2D eigenvalue weighted by Crippen LogP contribution is -2.21. The molecule has 2 rings (SSSR count). The molecule has 0 saturated heterocycles. The molecular formula is C19H27NO2. The van der Waals surface area contributed by atoms with E-state index in [1.807, 2.05) is 13.8 Å². The Balaban J connectivity index is 1.92. The molecule has 1 unspecified atom stereocenters. The SMILES string of the molecule is CC(C)OC(=O)C(C)N=Cc1ccc(C2CCCCC2)cc1. The Bertz CT molecular complexity index is 499. The monoisotopic (exact) mass is 301 g/mol. The Labute approximate surface area is 133 Å². The topological polar surface area (TPSA) is 38.7 Å². The van der Waals surface area contributed by atoms with Crippen LogP contribution in [0.2, 0.25) is 0 Å². The number of esters is 1. The van der Waals surface area contributed by atoms with Gasteiger partial charge in [0.1, 0.15) is 6.04 Å². The van der Waals surface area contributed by atoms with Gasteiger partial charge in [0.15, 0.2) is 0 Å². The van der Waals surface area contributed by atoms with Gasteiger partial charge in [-0.3, -0.25) is 4.99 Å². The van der Waals surface area contributed by atoms with Crippen LogP contribution < -0.4 is 0 Å². The number of nitrogens with zero attached hydrogens (tertiary/aromatic N) is 1. The fourth-order valence-corrected chi connectivity index (χ4v) is 2.88. The van der Waals surface area contributed by atoms with Crippen LogP contribution in [0.3, 0.4) is 0 Å². The lowest BCUT2D eigenvalue weighted by atomic mass is 9.84. The summed E-state index contributed by atoms with van der Waals surface area (Å²) in [7, 11) is 0. The summed E-state index contributed by atoms with van der Waals surface area (Å²) >= 11 is 0. The van der Waals surface area contributed by atoms with Gasteiger partial charge in [0.05, 0.1) is 6.10 Å². The van der Waals surface area contributed by atoms with Gasteiger partial charge in [-0.15, -0.1) is 0 Å². The minimum absolute atomic E-state index is 0.0973. The lowest BCUT2D eigenvalue weighted by Gasteiger charge is -2.21. The van der Waals surface area contributed by atoms with E-state index in [0.717, 1.165) is 11.5 Å². The summed E-state index contributed by atoms with van der Waals surface area (Å²) in [5.41, 5.74) is 2.47. The van der Waals surface area contributed by atoms with Gasteiger partial charge in [-0.25, -0.2) is 4.79 Å². The van der Waals surface area contributed by atoms with Crippen LogP contribution in [0.5, 0.6) is 0 Å². The van der Waals surface area contributed by atoms with Gasteiger partial charge in [-0.05, 0) is 50.7 Å². The van der Waals surface area contributed by atoms with E-state index in [-0.39, 0.29) is 12.1 Å². The van der Waals surface area contributed by atoms with Crippen LogP contribution in [0.4, 0.5) is 0 Å². The van der Waals surface area contributed by atoms with Gasteiger partial charge in [0.2, 0.25) is 0 Å². The van der Waals surface area contributed by atoms with E-state index in [1.54, 1.807) is 13.1 Å². The molecule has 3 heteroatoms. The van der Waals surface area contributed by atoms with Crippen LogP contribution in [0.15, 0.2) is 29.3 Å². The molecule has 0 bridgehead atoms. The quantitative estimate of drug-likeness (QED) is 0.593. The number of aliphatic imine (C=N–C) groups is 1. The number of hydrogen-bond donors (Lipinski definition) is 0. The van der Waals surface area contributed by atoms with Crippen LogP contribution in [0.25, 0.3) is 0 Å². The van der Waals surface area contributed by atoms with Crippen LogP contribution >= 0.6 is 0 Å². The first-order valence-electron chi connectivity index (χ1n) is 8.40. The molecule has 0 heterocycles. The number of benzene rings is 1. The molecule has 1 aliphatic rings. The zero-order chi connectivity index (χ0) is 15.9. The number of carbonyl (C=O) groups is 1. The molecule has 1 aromatic carbocycles. The highest BCUT2D eigenvalue weighted by Gasteiger charge is 2.15. The summed E-state index contributed by atoms with van der Waals surface area (Å²) < 4.78 is 5.15. The molecule has 22 heavy (non-hydrogen) atoms. The number of carbonyl (C=O) groups excluding carboxylic acids is 1. The average molecular weight is 301 g/mol. The van der Waals surface area contributed by atoms with E-state index in [4.69, 9.17) is 4.74 Å². The van der Waals surface area contributed by atoms with E-state index >= 15 is 0 Å². The maximum absolute atomic E-state index is 11.7. The molecule has 0 N–H and O–H groups in total. The maximum atomic E-state index is 11.7. The minimum Gasteiger partial charge on any atom is -0.461 e. The Morgan fingerprint density at radius 1 is 1.14 bits per heavy atom. The summed E-state index contributed by atoms with van der Waals surface area (Å²) in [6, 6.07) is 8.13. The molecular weight excluding hydrogens is 274 g/mol. The molecule has 1 fully saturated rings. The zero-order valence-corrected chi connectivity index (χ0v) is 13.9. The summed E-state index contributed by atoms with van der Waals surface area (Å²) in [5, 5.41) is 0. The second-order valence-electron chi connectivity index (χ2n) is 6.44. The smallest absolute Gasteiger partial charge is 0.330 e. The molecule has 0 aromatic heterocycles. The molecule has 1 aromatic rings. The van der Waals surface area contributed by atoms with E-state index in [9.17, 15) is 4.79 Å². The molecule has 1 atom stereocenters. The predicted molar refractivity (Wildman–Crippen MR) is 90.6 cm³/mol. The van der Waals surface area contributed by atoms with Gasteiger partial charge in [0.25, 0.3) is 0 Å². The molecule has 1 saturated carbocycles. The summed E-state index contributed by atoms with van der Waals surface area (Å²) in [6.45, 7) is 5.45. The van der Waals surface area contributed by atoms with Crippen molar-refractivity contribution in [3.8, 4) is 0 Å². The van der Waals surface area contributed by atoms with Gasteiger partial charge in [-0.2, -0.15) is 0 Å². The third kappa shape index (κ3) is 4.97. The molecule has 0 aliphatic heterocycles. The minimum atomic E-state index is -0.458. The predicted octanol–water partition coefficient (Wildman–Crippen LogP) is 4.49. The number of ether oxygens (including phenoxy) is 1. The summed E-state index contributed by atoms with van der Waals surface area (Å²) in [5.74, 6) is 0.449. The van der Waals surface area contributed by atoms with E-state index in [2.05, 4.69) is 29.3 Å². The van der Waals surface area contributed by atoms with Crippen LogP contribution in [-0.2, 0) is 9.53 Å². The molecule has 3 nitrogen and oxygen atoms in total. The van der Waals surface area contributed by atoms with Crippen molar-refractivity contribution in [1.29, 1.82) is 0 Å². The molecule has 1 aliphatic carbocycles. The average Bonchev–Trinajstić information content (AvgIpc) is 2.53. The van der Waals surface area contributed by atoms with Crippen LogP contribution in [0.1, 0.15) is 69.9 Å². The van der Waals surface area contributed by atoms with Crippen molar-refractivity contribution in [3.05, 3.63) is 35.4 Å². The van der Waals surface area contributed by atoms with Gasteiger partial charge >= 0.3 is 5.97 Å². The Morgan fingerprint density at radius 2 is 1.77 bits per heavy atom. The van der Waals surface area contributed by atoms with Crippen molar-refractivity contribution in [1.82, 2.24) is 0 Å². The number of rotatable bonds is 5. The van der Waals surface area contributed by atoms with Crippen molar-refractivity contribution in [2.24, 2.45) is 4.99 Å². The number of hydrogen-bond acceptors (Lipinski definition) is 3. The third-order valence-corrected chi connectivity index (χ3v) is 4.15. The normalized spacial score (nSPS) is 17.8. The van der Waals surface area contributed by atoms with Crippen molar-refractivity contribution < 1.29 is 9.53 Å². The Morgan fingerprint density at radius 3 is 2.36 bits per heavy atom. The van der Waals surface area contributed by atoms with Crippen LogP contribution in [-0.4, -0.2) is 24.3 Å². The Hall–Kier alpha value is -1.64. The second-order valence-corrected chi connectivity index (χ2v) is 6.44. The van der Waals surface area contributed by atoms with Gasteiger partial charge in [0, 0.05) is 6.21 Å². The first-order valence-corrected chi connectivity index (χ1v) is 8.40. The van der Waals surface area contributed by atoms with Crippen molar-refractivity contribution in [2.75, 3.05) is 0 Å². The highest BCUT2D eigenvalue weighted by atomic mass is 16.5. The highest BCUT2D eigenvalue weighted by molar-refractivity contribution is 5.83. The van der Waals surface area contributed by atoms with Gasteiger partial charge in [-0.1, -0.05) is 43.5 Å². The standard InChI is InChI=1S/C19H27NO2/c1-14(2)22-19(21)15(3)20-13-16-9-11-18(12-10-16)17-7-5-4-6-8-17/h9-15,17H,4-8H2,1-3H3. The first-order chi connectivity index (χ1) is 10.6. The first kappa shape index (κ1) is 16.7. The molecule has 120 valence electrons. The highest BCUT2D eigenvalue weighted by Crippen LogP contribution is 2.32. The summed E-state index contributed by atoms with van der Waals surface area (Å²) in [6.07, 6.45) is 8.37. The summed E-state index contributed by atoms with van der Waals surface area (Å²) in [4.78, 5) is 16.0. The van der Waals surface area contributed by atoms with Gasteiger partial charge < -0.3 is 4.74 Å². The lowest BCUT2D eigenvalue weighted by molar-refractivity contribution is -0.148. The van der Waals surface area contributed by atoms with Crippen molar-refractivity contribution >= 4 is 12.2 Å². The fourth-order valence-electron chi connectivity index (χ4n) is 2.88. The van der Waals surface area contributed by atoms with E-state index in [1.165, 1.54) is 37.7 Å². The third-order valence-electron chi connectivity index (χ3n) is 4.15. The molecule has 0 amide bonds. The fraction of sp³-hybridized carbons (Fsp3) is 0.579. The maximum Gasteiger partial charge on any atom is 0.330 e. The van der Waals surface area contributed by atoms with E-state index < -0.39 is 6.04 Å². The van der Waals surface area contributed by atoms with Crippen LogP contribution in [0, 0.1) is 0 Å². The van der Waals surface area contributed by atoms with Crippen molar-refractivity contribution in [2.45, 2.75) is 70.9 Å². The molecule has 0 radical (unpaired) electrons. The van der Waals surface area contributed by atoms with Crippen molar-refractivity contribution in [3.63, 3.8) is 0 Å².